The minimum atomic E-state index is -4.11. The standard InChI is InChI=1S/C30H36ClN3O4S/c1-6-22(3)32-30(36)24(5)33(19-25-14-10-11-17-27(25)31)29(35)20-34(28-18-12-13-21(2)23(28)4)39(37,38)26-15-8-7-9-16-26/h7-18,22,24H,6,19-20H2,1-5H3,(H,32,36)/t22-,24+/m1/s1. The van der Waals surface area contributed by atoms with E-state index in [9.17, 15) is 18.0 Å². The van der Waals surface area contributed by atoms with E-state index >= 15 is 0 Å². The zero-order chi connectivity index (χ0) is 28.7. The van der Waals surface area contributed by atoms with Crippen molar-refractivity contribution in [2.75, 3.05) is 10.8 Å². The number of halogens is 1. The number of amides is 2. The molecule has 9 heteroatoms. The molecule has 2 atom stereocenters. The molecule has 3 rings (SSSR count). The summed E-state index contributed by atoms with van der Waals surface area (Å²) in [5.74, 6) is -0.851. The Balaban J connectivity index is 2.07. The van der Waals surface area contributed by atoms with Crippen molar-refractivity contribution in [2.24, 2.45) is 0 Å². The normalized spacial score (nSPS) is 12.9. The van der Waals surface area contributed by atoms with Crippen LogP contribution in [-0.2, 0) is 26.2 Å². The Kier molecular flexibility index (Phi) is 10.2. The van der Waals surface area contributed by atoms with E-state index in [0.717, 1.165) is 21.9 Å². The molecule has 3 aromatic carbocycles. The number of anilines is 1. The molecule has 0 bridgehead atoms. The van der Waals surface area contributed by atoms with Crippen molar-refractivity contribution in [2.45, 2.75) is 64.6 Å². The van der Waals surface area contributed by atoms with E-state index in [1.54, 1.807) is 61.5 Å². The predicted molar refractivity (Wildman–Crippen MR) is 156 cm³/mol. The van der Waals surface area contributed by atoms with Gasteiger partial charge >= 0.3 is 0 Å². The van der Waals surface area contributed by atoms with E-state index in [1.165, 1.54) is 17.0 Å². The molecule has 39 heavy (non-hydrogen) atoms. The van der Waals surface area contributed by atoms with Crippen molar-refractivity contribution >= 4 is 39.1 Å². The summed E-state index contributed by atoms with van der Waals surface area (Å²) in [6, 6.07) is 19.5. The van der Waals surface area contributed by atoms with Gasteiger partial charge in [-0.05, 0) is 75.1 Å². The molecule has 0 spiro atoms. The highest BCUT2D eigenvalue weighted by atomic mass is 35.5. The highest BCUT2D eigenvalue weighted by Crippen LogP contribution is 2.29. The van der Waals surface area contributed by atoms with Crippen molar-refractivity contribution in [3.05, 3.63) is 94.5 Å². The monoisotopic (exact) mass is 569 g/mol. The van der Waals surface area contributed by atoms with E-state index in [4.69, 9.17) is 11.6 Å². The zero-order valence-corrected chi connectivity index (χ0v) is 24.6. The van der Waals surface area contributed by atoms with Crippen molar-refractivity contribution in [3.8, 4) is 0 Å². The van der Waals surface area contributed by atoms with Gasteiger partial charge in [0.15, 0.2) is 0 Å². The Morgan fingerprint density at radius 2 is 1.56 bits per heavy atom. The Morgan fingerprint density at radius 1 is 0.923 bits per heavy atom. The van der Waals surface area contributed by atoms with Crippen LogP contribution in [0.4, 0.5) is 5.69 Å². The number of aryl methyl sites for hydroxylation is 1. The van der Waals surface area contributed by atoms with Crippen molar-refractivity contribution < 1.29 is 18.0 Å². The van der Waals surface area contributed by atoms with Gasteiger partial charge in [0.05, 0.1) is 10.6 Å². The maximum atomic E-state index is 14.0. The number of hydrogen-bond acceptors (Lipinski definition) is 4. The summed E-state index contributed by atoms with van der Waals surface area (Å²) in [4.78, 5) is 28.6. The molecule has 0 aliphatic rings. The maximum Gasteiger partial charge on any atom is 0.264 e. The molecule has 0 aromatic heterocycles. The molecule has 0 aliphatic carbocycles. The molecule has 0 saturated carbocycles. The van der Waals surface area contributed by atoms with Gasteiger partial charge in [0.2, 0.25) is 11.8 Å². The quantitative estimate of drug-likeness (QED) is 0.331. The minimum absolute atomic E-state index is 0.0413. The Labute approximate surface area is 236 Å². The molecule has 7 nitrogen and oxygen atoms in total. The Bertz CT molecular complexity index is 1410. The topological polar surface area (TPSA) is 86.8 Å². The van der Waals surface area contributed by atoms with E-state index in [2.05, 4.69) is 5.32 Å². The number of hydrogen-bond donors (Lipinski definition) is 1. The third-order valence-electron chi connectivity index (χ3n) is 6.92. The number of benzene rings is 3. The smallest absolute Gasteiger partial charge is 0.264 e. The van der Waals surface area contributed by atoms with Gasteiger partial charge in [-0.1, -0.05) is 67.1 Å². The first-order valence-electron chi connectivity index (χ1n) is 12.9. The van der Waals surface area contributed by atoms with Crippen LogP contribution in [0.2, 0.25) is 5.02 Å². The van der Waals surface area contributed by atoms with Gasteiger partial charge in [-0.25, -0.2) is 8.42 Å². The molecule has 0 fully saturated rings. The fourth-order valence-electron chi connectivity index (χ4n) is 4.10. The first-order chi connectivity index (χ1) is 18.5. The number of carbonyl (C=O) groups is 2. The Morgan fingerprint density at radius 3 is 2.21 bits per heavy atom. The average molecular weight is 570 g/mol. The first-order valence-corrected chi connectivity index (χ1v) is 14.8. The SMILES string of the molecule is CC[C@@H](C)NC(=O)[C@H](C)N(Cc1ccccc1Cl)C(=O)CN(c1cccc(C)c1C)S(=O)(=O)c1ccccc1. The lowest BCUT2D eigenvalue weighted by atomic mass is 10.1. The minimum Gasteiger partial charge on any atom is -0.352 e. The molecule has 0 aliphatic heterocycles. The molecular formula is C30H36ClN3O4S. The van der Waals surface area contributed by atoms with Gasteiger partial charge in [-0.3, -0.25) is 13.9 Å². The van der Waals surface area contributed by atoms with Crippen LogP contribution in [0.15, 0.2) is 77.7 Å². The number of rotatable bonds is 11. The van der Waals surface area contributed by atoms with Crippen LogP contribution in [0.3, 0.4) is 0 Å². The summed E-state index contributed by atoms with van der Waals surface area (Å²) in [5, 5.41) is 3.38. The lowest BCUT2D eigenvalue weighted by molar-refractivity contribution is -0.139. The molecular weight excluding hydrogens is 534 g/mol. The molecule has 0 radical (unpaired) electrons. The number of sulfonamides is 1. The summed E-state index contributed by atoms with van der Waals surface area (Å²) < 4.78 is 29.0. The third-order valence-corrected chi connectivity index (χ3v) is 9.06. The van der Waals surface area contributed by atoms with E-state index in [-0.39, 0.29) is 23.4 Å². The second kappa shape index (κ2) is 13.1. The van der Waals surface area contributed by atoms with Crippen LogP contribution in [0.5, 0.6) is 0 Å². The molecule has 3 aromatic rings. The summed E-state index contributed by atoms with van der Waals surface area (Å²) >= 11 is 6.41. The molecule has 2 amide bonds. The summed E-state index contributed by atoms with van der Waals surface area (Å²) in [5.41, 5.74) is 2.69. The number of nitrogens with one attached hydrogen (secondary N) is 1. The van der Waals surface area contributed by atoms with Crippen LogP contribution in [0.1, 0.15) is 43.9 Å². The van der Waals surface area contributed by atoms with Crippen LogP contribution in [0, 0.1) is 13.8 Å². The van der Waals surface area contributed by atoms with Gasteiger partial charge in [-0.2, -0.15) is 0 Å². The summed E-state index contributed by atoms with van der Waals surface area (Å²) in [6.45, 7) is 8.75. The van der Waals surface area contributed by atoms with E-state index in [1.807, 2.05) is 33.8 Å². The van der Waals surface area contributed by atoms with Gasteiger partial charge in [0, 0.05) is 17.6 Å². The molecule has 1 N–H and O–H groups in total. The van der Waals surface area contributed by atoms with Crippen molar-refractivity contribution in [1.29, 1.82) is 0 Å². The number of nitrogens with zero attached hydrogens (tertiary/aromatic N) is 2. The first kappa shape index (κ1) is 30.2. The van der Waals surface area contributed by atoms with Crippen LogP contribution < -0.4 is 9.62 Å². The second-order valence-corrected chi connectivity index (χ2v) is 11.9. The van der Waals surface area contributed by atoms with Gasteiger partial charge in [0.25, 0.3) is 10.0 Å². The highest BCUT2D eigenvalue weighted by Gasteiger charge is 2.33. The van der Waals surface area contributed by atoms with Gasteiger partial charge in [-0.15, -0.1) is 0 Å². The fraction of sp³-hybridized carbons (Fsp3) is 0.333. The summed E-state index contributed by atoms with van der Waals surface area (Å²) in [6.07, 6.45) is 0.729. The molecule has 0 unspecified atom stereocenters. The van der Waals surface area contributed by atoms with E-state index < -0.39 is 28.5 Å². The lowest BCUT2D eigenvalue weighted by Crippen LogP contribution is -2.52. The van der Waals surface area contributed by atoms with Gasteiger partial charge in [0.1, 0.15) is 12.6 Å². The summed E-state index contributed by atoms with van der Waals surface area (Å²) in [7, 11) is -4.11. The number of carbonyl (C=O) groups excluding carboxylic acids is 2. The van der Waals surface area contributed by atoms with Crippen molar-refractivity contribution in [1.82, 2.24) is 10.2 Å². The van der Waals surface area contributed by atoms with Crippen LogP contribution in [0.25, 0.3) is 0 Å². The lowest BCUT2D eigenvalue weighted by Gasteiger charge is -2.33. The van der Waals surface area contributed by atoms with Crippen LogP contribution >= 0.6 is 11.6 Å². The molecule has 0 heterocycles. The Hall–Kier alpha value is -3.36. The molecule has 208 valence electrons. The highest BCUT2D eigenvalue weighted by molar-refractivity contribution is 7.92. The largest absolute Gasteiger partial charge is 0.352 e. The maximum absolute atomic E-state index is 14.0. The second-order valence-electron chi connectivity index (χ2n) is 9.65. The van der Waals surface area contributed by atoms with Crippen LogP contribution in [-0.4, -0.2) is 43.8 Å². The zero-order valence-electron chi connectivity index (χ0n) is 23.0. The van der Waals surface area contributed by atoms with Crippen molar-refractivity contribution in [3.63, 3.8) is 0 Å². The van der Waals surface area contributed by atoms with E-state index in [0.29, 0.717) is 16.3 Å². The molecule has 0 saturated heterocycles. The predicted octanol–water partition coefficient (Wildman–Crippen LogP) is 5.48. The average Bonchev–Trinajstić information content (AvgIpc) is 2.92. The fourth-order valence-corrected chi connectivity index (χ4v) is 5.79. The van der Waals surface area contributed by atoms with Gasteiger partial charge < -0.3 is 10.2 Å². The third kappa shape index (κ3) is 7.19.